The van der Waals surface area contributed by atoms with Crippen molar-refractivity contribution in [2.75, 3.05) is 25.0 Å². The van der Waals surface area contributed by atoms with Crippen molar-refractivity contribution in [3.63, 3.8) is 0 Å². The predicted octanol–water partition coefficient (Wildman–Crippen LogP) is 5.15. The van der Waals surface area contributed by atoms with E-state index in [1.165, 1.54) is 13.1 Å². The normalized spacial score (nSPS) is 15.0. The summed E-state index contributed by atoms with van der Waals surface area (Å²) in [6, 6.07) is 18.8. The molecule has 1 aromatic heterocycles. The fourth-order valence-corrected chi connectivity index (χ4v) is 5.54. The molecule has 3 aromatic carbocycles. The Morgan fingerprint density at radius 1 is 0.951 bits per heavy atom. The lowest BCUT2D eigenvalue weighted by atomic mass is 9.99. The van der Waals surface area contributed by atoms with Crippen molar-refractivity contribution < 1.29 is 9.59 Å². The van der Waals surface area contributed by atoms with Gasteiger partial charge in [-0.2, -0.15) is 0 Å². The number of anilines is 1. The molecule has 2 N–H and O–H groups in total. The number of aromatic nitrogens is 2. The molecule has 1 aliphatic heterocycles. The average Bonchev–Trinajstić information content (AvgIpc) is 3.46. The standard InChI is InChI=1S/C33H37N5O3/c1-21-16-29-31(17-22(21)2)38(32(40)19-34-29)23(3)33(41)36-30(20-37-14-5-6-15-37)26-12-10-25(11-13-26)27-8-7-9-28(18-27)35-24(4)39/h7-13,16-19,23,30H,5-6,14-15,20H2,1-4H3,(H,35,39)(H,36,41). The van der Waals surface area contributed by atoms with Gasteiger partial charge in [-0.15, -0.1) is 0 Å². The lowest BCUT2D eigenvalue weighted by Crippen LogP contribution is -2.41. The van der Waals surface area contributed by atoms with Gasteiger partial charge in [0, 0.05) is 19.2 Å². The first-order valence-corrected chi connectivity index (χ1v) is 14.2. The SMILES string of the molecule is CC(=O)Nc1cccc(-c2ccc(C(CN3CCCC3)NC(=O)C(C)n3c(=O)cnc4cc(C)c(C)cc43)cc2)c1. The largest absolute Gasteiger partial charge is 0.346 e. The topological polar surface area (TPSA) is 96.3 Å². The molecule has 8 nitrogen and oxygen atoms in total. The van der Waals surface area contributed by atoms with Gasteiger partial charge < -0.3 is 15.5 Å². The molecule has 0 saturated carbocycles. The van der Waals surface area contributed by atoms with Gasteiger partial charge in [0.2, 0.25) is 11.8 Å². The Labute approximate surface area is 240 Å². The summed E-state index contributed by atoms with van der Waals surface area (Å²) in [5.74, 6) is -0.325. The molecule has 2 heterocycles. The van der Waals surface area contributed by atoms with Crippen LogP contribution < -0.4 is 16.2 Å². The first kappa shape index (κ1) is 28.2. The monoisotopic (exact) mass is 551 g/mol. The van der Waals surface area contributed by atoms with Crippen molar-refractivity contribution in [1.29, 1.82) is 0 Å². The number of amides is 2. The van der Waals surface area contributed by atoms with E-state index in [4.69, 9.17) is 0 Å². The number of rotatable bonds is 8. The summed E-state index contributed by atoms with van der Waals surface area (Å²) >= 11 is 0. The van der Waals surface area contributed by atoms with E-state index < -0.39 is 6.04 Å². The zero-order valence-corrected chi connectivity index (χ0v) is 24.1. The van der Waals surface area contributed by atoms with Crippen LogP contribution in [0.1, 0.15) is 55.5 Å². The van der Waals surface area contributed by atoms with E-state index in [9.17, 15) is 14.4 Å². The van der Waals surface area contributed by atoms with Gasteiger partial charge in [0.15, 0.2) is 0 Å². The minimum atomic E-state index is -0.716. The molecule has 2 atom stereocenters. The zero-order chi connectivity index (χ0) is 29.1. The molecule has 4 aromatic rings. The maximum absolute atomic E-state index is 13.7. The van der Waals surface area contributed by atoms with E-state index in [1.807, 2.05) is 74.5 Å². The Morgan fingerprint density at radius 2 is 1.66 bits per heavy atom. The van der Waals surface area contributed by atoms with Gasteiger partial charge >= 0.3 is 0 Å². The summed E-state index contributed by atoms with van der Waals surface area (Å²) in [4.78, 5) is 44.9. The van der Waals surface area contributed by atoms with E-state index in [0.29, 0.717) is 17.6 Å². The average molecular weight is 552 g/mol. The predicted molar refractivity (Wildman–Crippen MR) is 163 cm³/mol. The first-order valence-electron chi connectivity index (χ1n) is 14.2. The van der Waals surface area contributed by atoms with Crippen LogP contribution in [-0.4, -0.2) is 45.9 Å². The molecule has 41 heavy (non-hydrogen) atoms. The van der Waals surface area contributed by atoms with Crippen LogP contribution in [0.2, 0.25) is 0 Å². The Balaban J connectivity index is 1.42. The highest BCUT2D eigenvalue weighted by molar-refractivity contribution is 5.89. The van der Waals surface area contributed by atoms with E-state index >= 15 is 0 Å². The number of hydrogen-bond acceptors (Lipinski definition) is 5. The number of carbonyl (C=O) groups is 2. The van der Waals surface area contributed by atoms with E-state index in [0.717, 1.165) is 59.4 Å². The maximum Gasteiger partial charge on any atom is 0.270 e. The highest BCUT2D eigenvalue weighted by Gasteiger charge is 2.25. The molecule has 5 rings (SSSR count). The van der Waals surface area contributed by atoms with E-state index in [1.54, 1.807) is 11.5 Å². The van der Waals surface area contributed by atoms with E-state index in [-0.39, 0.29) is 23.4 Å². The van der Waals surface area contributed by atoms with Crippen LogP contribution in [0.25, 0.3) is 22.2 Å². The molecule has 0 spiro atoms. The highest BCUT2D eigenvalue weighted by atomic mass is 16.2. The van der Waals surface area contributed by atoms with Crippen molar-refractivity contribution >= 4 is 28.5 Å². The summed E-state index contributed by atoms with van der Waals surface area (Å²) in [6.07, 6.45) is 3.60. The van der Waals surface area contributed by atoms with Crippen LogP contribution in [-0.2, 0) is 9.59 Å². The molecular weight excluding hydrogens is 514 g/mol. The van der Waals surface area contributed by atoms with Crippen molar-refractivity contribution in [2.24, 2.45) is 0 Å². The molecule has 1 fully saturated rings. The fraction of sp³-hybridized carbons (Fsp3) is 0.333. The summed E-state index contributed by atoms with van der Waals surface area (Å²) in [5, 5.41) is 6.09. The van der Waals surface area contributed by atoms with Gasteiger partial charge in [0.05, 0.1) is 23.3 Å². The van der Waals surface area contributed by atoms with Crippen LogP contribution in [0.15, 0.2) is 71.7 Å². The zero-order valence-electron chi connectivity index (χ0n) is 24.1. The highest BCUT2D eigenvalue weighted by Crippen LogP contribution is 2.26. The summed E-state index contributed by atoms with van der Waals surface area (Å²) < 4.78 is 1.54. The number of hydrogen-bond donors (Lipinski definition) is 2. The summed E-state index contributed by atoms with van der Waals surface area (Å²) in [7, 11) is 0. The Hall–Kier alpha value is -4.30. The third-order valence-corrected chi connectivity index (χ3v) is 7.95. The summed E-state index contributed by atoms with van der Waals surface area (Å²) in [5.41, 5.74) is 6.93. The second-order valence-corrected chi connectivity index (χ2v) is 11.0. The maximum atomic E-state index is 13.7. The van der Waals surface area contributed by atoms with Gasteiger partial charge in [-0.05, 0) is 98.8 Å². The van der Waals surface area contributed by atoms with Crippen LogP contribution in [0, 0.1) is 13.8 Å². The molecule has 1 aliphatic rings. The van der Waals surface area contributed by atoms with Crippen molar-refractivity contribution in [2.45, 2.75) is 52.6 Å². The molecule has 2 unspecified atom stereocenters. The number of nitrogens with zero attached hydrogens (tertiary/aromatic N) is 3. The number of fused-ring (bicyclic) bond motifs is 1. The number of nitrogens with one attached hydrogen (secondary N) is 2. The van der Waals surface area contributed by atoms with Crippen molar-refractivity contribution in [1.82, 2.24) is 19.8 Å². The van der Waals surface area contributed by atoms with Crippen LogP contribution >= 0.6 is 0 Å². The Morgan fingerprint density at radius 3 is 2.37 bits per heavy atom. The fourth-order valence-electron chi connectivity index (χ4n) is 5.54. The quantitative estimate of drug-likeness (QED) is 0.316. The van der Waals surface area contributed by atoms with Crippen LogP contribution in [0.3, 0.4) is 0 Å². The molecule has 1 saturated heterocycles. The summed E-state index contributed by atoms with van der Waals surface area (Å²) in [6.45, 7) is 9.96. The van der Waals surface area contributed by atoms with Crippen molar-refractivity contribution in [3.8, 4) is 11.1 Å². The lowest BCUT2D eigenvalue weighted by Gasteiger charge is -2.27. The third kappa shape index (κ3) is 6.38. The molecular formula is C33H37N5O3. The van der Waals surface area contributed by atoms with Gasteiger partial charge in [-0.25, -0.2) is 4.98 Å². The number of aryl methyl sites for hydroxylation is 2. The first-order chi connectivity index (χ1) is 19.7. The minimum absolute atomic E-state index is 0.112. The van der Waals surface area contributed by atoms with Crippen molar-refractivity contribution in [3.05, 3.63) is 93.9 Å². The molecule has 0 aliphatic carbocycles. The second kappa shape index (κ2) is 12.1. The van der Waals surface area contributed by atoms with Gasteiger partial charge in [-0.1, -0.05) is 36.4 Å². The molecule has 0 bridgehead atoms. The molecule has 2 amide bonds. The molecule has 8 heteroatoms. The lowest BCUT2D eigenvalue weighted by molar-refractivity contribution is -0.124. The number of benzene rings is 3. The van der Waals surface area contributed by atoms with Gasteiger partial charge in [0.25, 0.3) is 5.56 Å². The van der Waals surface area contributed by atoms with Gasteiger partial charge in [0.1, 0.15) is 6.04 Å². The molecule has 0 radical (unpaired) electrons. The van der Waals surface area contributed by atoms with Crippen LogP contribution in [0.4, 0.5) is 5.69 Å². The minimum Gasteiger partial charge on any atom is -0.346 e. The smallest absolute Gasteiger partial charge is 0.270 e. The van der Waals surface area contributed by atoms with Gasteiger partial charge in [-0.3, -0.25) is 19.0 Å². The number of carbonyl (C=O) groups excluding carboxylic acids is 2. The Bertz CT molecular complexity index is 1640. The number of likely N-dealkylation sites (tertiary alicyclic amines) is 1. The second-order valence-electron chi connectivity index (χ2n) is 11.0. The Kier molecular flexibility index (Phi) is 8.31. The van der Waals surface area contributed by atoms with Crippen LogP contribution in [0.5, 0.6) is 0 Å². The molecule has 212 valence electrons. The third-order valence-electron chi connectivity index (χ3n) is 7.95. The van der Waals surface area contributed by atoms with E-state index in [2.05, 4.69) is 20.5 Å².